The summed E-state index contributed by atoms with van der Waals surface area (Å²) in [6.45, 7) is 14.7. The maximum absolute atomic E-state index is 10.3. The highest BCUT2D eigenvalue weighted by Gasteiger charge is 2.35. The molecule has 0 aromatic heterocycles. The fourth-order valence-electron chi connectivity index (χ4n) is 2.91. The number of rotatable bonds is 7. The second kappa shape index (κ2) is 8.30. The first-order valence-electron chi connectivity index (χ1n) is 9.99. The second-order valence-electron chi connectivity index (χ2n) is 9.54. The number of para-hydroxylation sites is 1. The van der Waals surface area contributed by atoms with E-state index in [-0.39, 0.29) is 5.41 Å². The lowest BCUT2D eigenvalue weighted by atomic mass is 9.68. The molecule has 2 aromatic carbocycles. The van der Waals surface area contributed by atoms with Crippen molar-refractivity contribution in [1.82, 2.24) is 0 Å². The van der Waals surface area contributed by atoms with Crippen LogP contribution in [0.5, 0.6) is 5.75 Å². The summed E-state index contributed by atoms with van der Waals surface area (Å²) in [6, 6.07) is 14.8. The van der Waals surface area contributed by atoms with Crippen LogP contribution in [0.15, 0.2) is 42.5 Å². The molecule has 0 unspecified atom stereocenters. The van der Waals surface area contributed by atoms with Gasteiger partial charge in [0.1, 0.15) is 5.75 Å². The highest BCUT2D eigenvalue weighted by Crippen LogP contribution is 2.32. The van der Waals surface area contributed by atoms with Crippen LogP contribution in [0.4, 0.5) is 0 Å². The third-order valence-electron chi connectivity index (χ3n) is 5.60. The Bertz CT molecular complexity index is 798. The number of methoxy groups -OCH3 is 1. The van der Waals surface area contributed by atoms with Gasteiger partial charge in [0, 0.05) is 12.1 Å². The number of hydrogen-bond acceptors (Lipinski definition) is 3. The lowest BCUT2D eigenvalue weighted by molar-refractivity contribution is -0.135. The number of aliphatic hydroxyl groups is 1. The van der Waals surface area contributed by atoms with Crippen LogP contribution in [0.1, 0.15) is 54.0 Å². The van der Waals surface area contributed by atoms with Crippen LogP contribution in [0.3, 0.4) is 0 Å². The van der Waals surface area contributed by atoms with Crippen molar-refractivity contribution in [2.24, 2.45) is 0 Å². The molecular formula is C24H35BO3. The van der Waals surface area contributed by atoms with Gasteiger partial charge < -0.3 is 14.6 Å². The number of ether oxygens (including phenoxy) is 2. The van der Waals surface area contributed by atoms with E-state index in [1.165, 1.54) is 11.0 Å². The fourth-order valence-corrected chi connectivity index (χ4v) is 2.91. The van der Waals surface area contributed by atoms with Crippen molar-refractivity contribution in [2.75, 3.05) is 13.6 Å². The van der Waals surface area contributed by atoms with E-state index in [1.54, 1.807) is 21.0 Å². The van der Waals surface area contributed by atoms with Crippen molar-refractivity contribution >= 4 is 12.7 Å². The normalized spacial score (nSPS) is 12.8. The lowest BCUT2D eigenvalue weighted by Crippen LogP contribution is -2.48. The van der Waals surface area contributed by atoms with Gasteiger partial charge in [-0.2, -0.15) is 0 Å². The third-order valence-corrected chi connectivity index (χ3v) is 5.60. The monoisotopic (exact) mass is 382 g/mol. The Morgan fingerprint density at radius 2 is 1.57 bits per heavy atom. The maximum atomic E-state index is 10.3. The van der Waals surface area contributed by atoms with Gasteiger partial charge in [-0.3, -0.25) is 0 Å². The Hall–Kier alpha value is -1.78. The van der Waals surface area contributed by atoms with Crippen molar-refractivity contribution < 1.29 is 14.6 Å². The highest BCUT2D eigenvalue weighted by atomic mass is 16.5. The van der Waals surface area contributed by atoms with Crippen LogP contribution in [0, 0.1) is 0 Å². The number of hydrogen-bond donors (Lipinski definition) is 1. The first-order chi connectivity index (χ1) is 12.8. The van der Waals surface area contributed by atoms with E-state index in [2.05, 4.69) is 45.0 Å². The second-order valence-corrected chi connectivity index (χ2v) is 9.54. The van der Waals surface area contributed by atoms with Crippen LogP contribution in [-0.2, 0) is 10.2 Å². The molecule has 4 heteroatoms. The molecule has 3 nitrogen and oxygen atoms in total. The zero-order chi connectivity index (χ0) is 21.2. The molecule has 2 rings (SSSR count). The third kappa shape index (κ3) is 5.39. The van der Waals surface area contributed by atoms with Gasteiger partial charge >= 0.3 is 0 Å². The Morgan fingerprint density at radius 1 is 0.929 bits per heavy atom. The Balaban J connectivity index is 2.35. The molecule has 0 bridgehead atoms. The molecule has 152 valence electrons. The summed E-state index contributed by atoms with van der Waals surface area (Å²) in [5, 5.41) is 10.3. The summed E-state index contributed by atoms with van der Waals surface area (Å²) in [4.78, 5) is 0. The molecule has 0 saturated carbocycles. The van der Waals surface area contributed by atoms with Crippen LogP contribution in [0.25, 0.3) is 11.1 Å². The van der Waals surface area contributed by atoms with E-state index in [4.69, 9.17) is 9.47 Å². The lowest BCUT2D eigenvalue weighted by Gasteiger charge is -2.37. The van der Waals surface area contributed by atoms with Crippen molar-refractivity contribution in [1.29, 1.82) is 0 Å². The molecule has 0 amide bonds. The van der Waals surface area contributed by atoms with Crippen LogP contribution < -0.4 is 10.2 Å². The van der Waals surface area contributed by atoms with E-state index in [0.29, 0.717) is 6.51 Å². The molecule has 0 fully saturated rings. The van der Waals surface area contributed by atoms with Crippen molar-refractivity contribution in [3.63, 3.8) is 0 Å². The largest absolute Gasteiger partial charge is 0.496 e. The van der Waals surface area contributed by atoms with Crippen LogP contribution in [-0.4, -0.2) is 37.2 Å². The molecule has 0 spiro atoms. The topological polar surface area (TPSA) is 38.7 Å². The minimum absolute atomic E-state index is 0.0417. The molecule has 0 aliphatic rings. The summed E-state index contributed by atoms with van der Waals surface area (Å²) in [5.74, 6) is 0.874. The minimum Gasteiger partial charge on any atom is -0.496 e. The summed E-state index contributed by atoms with van der Waals surface area (Å²) in [5.41, 5.74) is 3.28. The fraction of sp³-hybridized carbons (Fsp3) is 0.500. The summed E-state index contributed by atoms with van der Waals surface area (Å²) >= 11 is 0. The van der Waals surface area contributed by atoms with Gasteiger partial charge in [0.25, 0.3) is 0 Å². The minimum atomic E-state index is -0.900. The molecule has 28 heavy (non-hydrogen) atoms. The average Bonchev–Trinajstić information content (AvgIpc) is 2.59. The Morgan fingerprint density at radius 3 is 2.14 bits per heavy atom. The molecule has 0 saturated heterocycles. The Labute approximate surface area is 171 Å². The van der Waals surface area contributed by atoms with Gasteiger partial charge in [0.2, 0.25) is 0 Å². The van der Waals surface area contributed by atoms with Crippen molar-refractivity contribution in [3.05, 3.63) is 48.0 Å². The Kier molecular flexibility index (Phi) is 6.68. The molecule has 2 aromatic rings. The zero-order valence-electron chi connectivity index (χ0n) is 18.7. The van der Waals surface area contributed by atoms with Crippen LogP contribution >= 0.6 is 0 Å². The molecule has 0 radical (unpaired) electrons. The van der Waals surface area contributed by atoms with E-state index in [0.717, 1.165) is 24.2 Å². The van der Waals surface area contributed by atoms with Gasteiger partial charge in [-0.25, -0.2) is 0 Å². The summed E-state index contributed by atoms with van der Waals surface area (Å²) < 4.78 is 11.6. The maximum Gasteiger partial charge on any atom is 0.188 e. The standard InChI is InChI=1S/C24H35BO3/c1-22(2,3)18-13-17(20-11-9-10-12-21(20)27-8)14-19(15-18)25-16-28-24(6,7)23(4,5)26/h9-15,25-26H,16H2,1-8H3. The molecule has 1 N–H and O–H groups in total. The molecular weight excluding hydrogens is 347 g/mol. The summed E-state index contributed by atoms with van der Waals surface area (Å²) in [7, 11) is 2.49. The van der Waals surface area contributed by atoms with Crippen molar-refractivity contribution in [2.45, 2.75) is 65.1 Å². The average molecular weight is 382 g/mol. The van der Waals surface area contributed by atoms with E-state index in [9.17, 15) is 5.11 Å². The van der Waals surface area contributed by atoms with E-state index >= 15 is 0 Å². The summed E-state index contributed by atoms with van der Waals surface area (Å²) in [6.07, 6.45) is 0. The van der Waals surface area contributed by atoms with Gasteiger partial charge in [-0.05, 0) is 50.3 Å². The SMILES string of the molecule is COc1ccccc1-c1cc(BCOC(C)(C)C(C)(C)O)cc(C(C)(C)C)c1. The molecule has 0 atom stereocenters. The zero-order valence-corrected chi connectivity index (χ0v) is 18.7. The van der Waals surface area contributed by atoms with Gasteiger partial charge in [0.05, 0.1) is 18.3 Å². The first-order valence-corrected chi connectivity index (χ1v) is 9.99. The van der Waals surface area contributed by atoms with Crippen LogP contribution in [0.2, 0.25) is 0 Å². The first kappa shape index (κ1) is 22.5. The number of benzene rings is 2. The molecule has 0 aliphatic carbocycles. The van der Waals surface area contributed by atoms with Gasteiger partial charge in [-0.15, -0.1) is 0 Å². The van der Waals surface area contributed by atoms with E-state index < -0.39 is 11.2 Å². The predicted molar refractivity (Wildman–Crippen MR) is 120 cm³/mol. The molecule has 0 aliphatic heterocycles. The van der Waals surface area contributed by atoms with Gasteiger partial charge in [-0.1, -0.05) is 62.6 Å². The predicted octanol–water partition coefficient (Wildman–Crippen LogP) is 4.25. The van der Waals surface area contributed by atoms with Gasteiger partial charge in [0.15, 0.2) is 7.28 Å². The van der Waals surface area contributed by atoms with Crippen molar-refractivity contribution in [3.8, 4) is 16.9 Å². The smallest absolute Gasteiger partial charge is 0.188 e. The molecule has 0 heterocycles. The van der Waals surface area contributed by atoms with E-state index in [1.807, 2.05) is 32.0 Å². The highest BCUT2D eigenvalue weighted by molar-refractivity contribution is 6.53. The quantitative estimate of drug-likeness (QED) is 0.728.